The van der Waals surface area contributed by atoms with Crippen molar-refractivity contribution in [3.05, 3.63) is 71.9 Å². The summed E-state index contributed by atoms with van der Waals surface area (Å²) in [6.07, 6.45) is 1.91. The Bertz CT molecular complexity index is 918. The standard InChI is InChI=1S/C20H21FN6O/c1-14-25-18(13-19(26-14)27-17-4-2-3-9-22-17)23-10-11-24-20(28)12-15-5-7-16(21)8-6-15/h2-9,13H,10-12H2,1H3,(H,24,28)(H2,22,23,25,26,27). The highest BCUT2D eigenvalue weighted by molar-refractivity contribution is 5.78. The number of carbonyl (C=O) groups is 1. The molecule has 144 valence electrons. The molecule has 0 atom stereocenters. The number of halogens is 1. The highest BCUT2D eigenvalue weighted by Crippen LogP contribution is 2.15. The number of benzene rings is 1. The van der Waals surface area contributed by atoms with Crippen LogP contribution in [0.5, 0.6) is 0 Å². The lowest BCUT2D eigenvalue weighted by Crippen LogP contribution is -2.30. The van der Waals surface area contributed by atoms with E-state index in [0.717, 1.165) is 5.56 Å². The van der Waals surface area contributed by atoms with Gasteiger partial charge >= 0.3 is 0 Å². The van der Waals surface area contributed by atoms with E-state index < -0.39 is 0 Å². The molecule has 1 amide bonds. The second-order valence-corrected chi connectivity index (χ2v) is 6.11. The van der Waals surface area contributed by atoms with Crippen molar-refractivity contribution in [1.82, 2.24) is 20.3 Å². The minimum absolute atomic E-state index is 0.121. The molecule has 8 heteroatoms. The van der Waals surface area contributed by atoms with Crippen LogP contribution in [0.25, 0.3) is 0 Å². The monoisotopic (exact) mass is 380 g/mol. The molecule has 0 fully saturated rings. The molecule has 0 aliphatic heterocycles. The Hall–Kier alpha value is -3.55. The van der Waals surface area contributed by atoms with Gasteiger partial charge in [0.15, 0.2) is 0 Å². The van der Waals surface area contributed by atoms with Gasteiger partial charge < -0.3 is 16.0 Å². The number of hydrogen-bond acceptors (Lipinski definition) is 6. The number of aromatic nitrogens is 3. The van der Waals surface area contributed by atoms with Gasteiger partial charge in [-0.3, -0.25) is 4.79 Å². The van der Waals surface area contributed by atoms with Crippen molar-refractivity contribution in [3.8, 4) is 0 Å². The zero-order valence-corrected chi connectivity index (χ0v) is 15.4. The maximum absolute atomic E-state index is 12.9. The normalized spacial score (nSPS) is 10.4. The van der Waals surface area contributed by atoms with Crippen molar-refractivity contribution in [2.45, 2.75) is 13.3 Å². The number of aryl methyl sites for hydroxylation is 1. The van der Waals surface area contributed by atoms with Crippen molar-refractivity contribution in [3.63, 3.8) is 0 Å². The summed E-state index contributed by atoms with van der Waals surface area (Å²) in [5.41, 5.74) is 0.767. The minimum Gasteiger partial charge on any atom is -0.368 e. The molecular weight excluding hydrogens is 359 g/mol. The smallest absolute Gasteiger partial charge is 0.224 e. The first-order valence-electron chi connectivity index (χ1n) is 8.87. The highest BCUT2D eigenvalue weighted by Gasteiger charge is 2.05. The van der Waals surface area contributed by atoms with Crippen molar-refractivity contribution in [2.75, 3.05) is 23.7 Å². The van der Waals surface area contributed by atoms with Crippen molar-refractivity contribution < 1.29 is 9.18 Å². The SMILES string of the molecule is Cc1nc(NCCNC(=O)Cc2ccc(F)cc2)cc(Nc2ccccn2)n1. The summed E-state index contributed by atoms with van der Waals surface area (Å²) in [6.45, 7) is 2.75. The maximum atomic E-state index is 12.9. The second kappa shape index (κ2) is 9.40. The van der Waals surface area contributed by atoms with E-state index in [1.807, 2.05) is 18.2 Å². The molecule has 3 aromatic rings. The van der Waals surface area contributed by atoms with E-state index in [9.17, 15) is 9.18 Å². The van der Waals surface area contributed by atoms with Gasteiger partial charge in [-0.15, -0.1) is 0 Å². The van der Waals surface area contributed by atoms with Crippen LogP contribution in [0.2, 0.25) is 0 Å². The van der Waals surface area contributed by atoms with Gasteiger partial charge in [0.25, 0.3) is 0 Å². The fourth-order valence-electron chi connectivity index (χ4n) is 2.53. The molecule has 7 nitrogen and oxygen atoms in total. The highest BCUT2D eigenvalue weighted by atomic mass is 19.1. The van der Waals surface area contributed by atoms with Gasteiger partial charge in [-0.05, 0) is 36.8 Å². The lowest BCUT2D eigenvalue weighted by Gasteiger charge is -2.10. The van der Waals surface area contributed by atoms with Gasteiger partial charge in [0.05, 0.1) is 6.42 Å². The molecule has 28 heavy (non-hydrogen) atoms. The predicted molar refractivity (Wildman–Crippen MR) is 106 cm³/mol. The van der Waals surface area contributed by atoms with Gasteiger partial charge in [-0.1, -0.05) is 18.2 Å². The third-order valence-corrected chi connectivity index (χ3v) is 3.79. The number of anilines is 3. The van der Waals surface area contributed by atoms with Crippen LogP contribution in [0.1, 0.15) is 11.4 Å². The third-order valence-electron chi connectivity index (χ3n) is 3.79. The van der Waals surface area contributed by atoms with E-state index in [2.05, 4.69) is 30.9 Å². The van der Waals surface area contributed by atoms with Crippen molar-refractivity contribution in [2.24, 2.45) is 0 Å². The molecule has 0 aliphatic carbocycles. The Morgan fingerprint density at radius 3 is 2.54 bits per heavy atom. The summed E-state index contributed by atoms with van der Waals surface area (Å²) < 4.78 is 12.9. The number of amides is 1. The molecule has 3 rings (SSSR count). The van der Waals surface area contributed by atoms with Crippen LogP contribution in [0.15, 0.2) is 54.7 Å². The fourth-order valence-corrected chi connectivity index (χ4v) is 2.53. The van der Waals surface area contributed by atoms with Crippen LogP contribution in [-0.4, -0.2) is 33.9 Å². The van der Waals surface area contributed by atoms with E-state index >= 15 is 0 Å². The van der Waals surface area contributed by atoms with E-state index in [1.165, 1.54) is 12.1 Å². The van der Waals surface area contributed by atoms with Crippen LogP contribution in [-0.2, 0) is 11.2 Å². The number of nitrogens with zero attached hydrogens (tertiary/aromatic N) is 3. The summed E-state index contributed by atoms with van der Waals surface area (Å²) in [5.74, 6) is 2.16. The van der Waals surface area contributed by atoms with E-state index in [0.29, 0.717) is 36.4 Å². The third kappa shape index (κ3) is 6.01. The van der Waals surface area contributed by atoms with Crippen LogP contribution in [0, 0.1) is 12.7 Å². The van der Waals surface area contributed by atoms with Crippen LogP contribution < -0.4 is 16.0 Å². The number of rotatable bonds is 8. The molecule has 3 N–H and O–H groups in total. The maximum Gasteiger partial charge on any atom is 0.224 e. The van der Waals surface area contributed by atoms with Gasteiger partial charge in [0.2, 0.25) is 5.91 Å². The van der Waals surface area contributed by atoms with Gasteiger partial charge in [0, 0.05) is 25.4 Å². The first-order valence-corrected chi connectivity index (χ1v) is 8.87. The van der Waals surface area contributed by atoms with Gasteiger partial charge in [0.1, 0.15) is 29.1 Å². The molecule has 2 heterocycles. The first-order chi connectivity index (χ1) is 13.6. The average Bonchev–Trinajstić information content (AvgIpc) is 2.67. The predicted octanol–water partition coefficient (Wildman–Crippen LogP) is 2.83. The minimum atomic E-state index is -0.314. The van der Waals surface area contributed by atoms with E-state index in [1.54, 1.807) is 31.3 Å². The number of pyridine rings is 1. The van der Waals surface area contributed by atoms with Gasteiger partial charge in [-0.25, -0.2) is 19.3 Å². The summed E-state index contributed by atoms with van der Waals surface area (Å²) in [6, 6.07) is 13.3. The van der Waals surface area contributed by atoms with Crippen LogP contribution >= 0.6 is 0 Å². The number of nitrogens with one attached hydrogen (secondary N) is 3. The molecule has 0 saturated carbocycles. The summed E-state index contributed by atoms with van der Waals surface area (Å²) in [4.78, 5) is 24.8. The average molecular weight is 380 g/mol. The Morgan fingerprint density at radius 1 is 1.00 bits per heavy atom. The molecule has 0 spiro atoms. The molecular formula is C20H21FN6O. The molecule has 1 aromatic carbocycles. The van der Waals surface area contributed by atoms with Crippen molar-refractivity contribution in [1.29, 1.82) is 0 Å². The molecule has 0 bridgehead atoms. The summed E-state index contributed by atoms with van der Waals surface area (Å²) in [7, 11) is 0. The summed E-state index contributed by atoms with van der Waals surface area (Å²) >= 11 is 0. The summed E-state index contributed by atoms with van der Waals surface area (Å²) in [5, 5.41) is 9.11. The Kier molecular flexibility index (Phi) is 6.46. The molecule has 0 unspecified atom stereocenters. The van der Waals surface area contributed by atoms with E-state index in [-0.39, 0.29) is 18.1 Å². The zero-order chi connectivity index (χ0) is 19.8. The quantitative estimate of drug-likeness (QED) is 0.521. The fraction of sp³-hybridized carbons (Fsp3) is 0.200. The molecule has 0 radical (unpaired) electrons. The lowest BCUT2D eigenvalue weighted by atomic mass is 10.1. The molecule has 0 aliphatic rings. The Morgan fingerprint density at radius 2 is 1.79 bits per heavy atom. The van der Waals surface area contributed by atoms with Crippen LogP contribution in [0.3, 0.4) is 0 Å². The Labute approximate surface area is 162 Å². The second-order valence-electron chi connectivity index (χ2n) is 6.11. The van der Waals surface area contributed by atoms with Gasteiger partial charge in [-0.2, -0.15) is 0 Å². The van der Waals surface area contributed by atoms with Crippen LogP contribution in [0.4, 0.5) is 21.8 Å². The lowest BCUT2D eigenvalue weighted by molar-refractivity contribution is -0.120. The number of carbonyl (C=O) groups excluding carboxylic acids is 1. The molecule has 2 aromatic heterocycles. The largest absolute Gasteiger partial charge is 0.368 e. The van der Waals surface area contributed by atoms with E-state index in [4.69, 9.17) is 0 Å². The zero-order valence-electron chi connectivity index (χ0n) is 15.4. The first kappa shape index (κ1) is 19.2. The van der Waals surface area contributed by atoms with Crippen molar-refractivity contribution >= 4 is 23.4 Å². The molecule has 0 saturated heterocycles. The Balaban J connectivity index is 1.46. The number of hydrogen-bond donors (Lipinski definition) is 3. The topological polar surface area (TPSA) is 91.8 Å².